The summed E-state index contributed by atoms with van der Waals surface area (Å²) in [7, 11) is 0. The van der Waals surface area contributed by atoms with Crippen LogP contribution in [0.25, 0.3) is 0 Å². The molecule has 1 aromatic rings. The zero-order valence-corrected chi connectivity index (χ0v) is 18.6. The van der Waals surface area contributed by atoms with Gasteiger partial charge in [-0.3, -0.25) is 24.0 Å². The van der Waals surface area contributed by atoms with Crippen molar-refractivity contribution in [3.63, 3.8) is 0 Å². The summed E-state index contributed by atoms with van der Waals surface area (Å²) in [6.07, 6.45) is -0.805. The Bertz CT molecular complexity index is 913. The number of carbonyl (C=O) groups excluding carboxylic acids is 2. The minimum Gasteiger partial charge on any atom is -0.504 e. The summed E-state index contributed by atoms with van der Waals surface area (Å²) >= 11 is 3.92. The standard InChI is InChI=1S/C19H26N4O10S/c24-13-3-1-9(6-14(13)25)5-11(19(32)33)23-22-10(18(30)31)2-4-15(26)21-12(8-34)17(29)20-7-16(27)28/h1,3,6,10-12,22-25,34H,2,4-5,7-8H2,(H,20,29)(H,21,26)(H,27,28)(H,30,31)(H,32,33)/t10-,11-,12-/m0/s1. The molecular formula is C19H26N4O10S. The van der Waals surface area contributed by atoms with Crippen molar-refractivity contribution >= 4 is 42.4 Å². The van der Waals surface area contributed by atoms with Gasteiger partial charge in [0.1, 0.15) is 24.7 Å². The molecule has 9 N–H and O–H groups in total. The minimum absolute atomic E-state index is 0.132. The first kappa shape index (κ1) is 28.5. The molecule has 0 spiro atoms. The van der Waals surface area contributed by atoms with Crippen LogP contribution in [0.2, 0.25) is 0 Å². The third kappa shape index (κ3) is 9.93. The first-order valence-corrected chi connectivity index (χ1v) is 10.4. The van der Waals surface area contributed by atoms with Gasteiger partial charge in [-0.15, -0.1) is 0 Å². The van der Waals surface area contributed by atoms with Crippen molar-refractivity contribution in [2.75, 3.05) is 12.3 Å². The number of thiol groups is 1. The topological polar surface area (TPSA) is 235 Å². The fraction of sp³-hybridized carbons (Fsp3) is 0.421. The maximum atomic E-state index is 12.1. The van der Waals surface area contributed by atoms with E-state index in [-0.39, 0.29) is 30.8 Å². The van der Waals surface area contributed by atoms with Crippen LogP contribution in [0.4, 0.5) is 0 Å². The van der Waals surface area contributed by atoms with Crippen molar-refractivity contribution < 1.29 is 49.5 Å². The van der Waals surface area contributed by atoms with Gasteiger partial charge in [-0.2, -0.15) is 12.6 Å². The van der Waals surface area contributed by atoms with Gasteiger partial charge in [0.2, 0.25) is 11.8 Å². The number of rotatable bonds is 15. The summed E-state index contributed by atoms with van der Waals surface area (Å²) < 4.78 is 0. The molecule has 15 heteroatoms. The molecule has 3 atom stereocenters. The number of phenolic OH excluding ortho intramolecular Hbond substituents is 2. The zero-order valence-electron chi connectivity index (χ0n) is 17.7. The van der Waals surface area contributed by atoms with E-state index >= 15 is 0 Å². The van der Waals surface area contributed by atoms with Gasteiger partial charge in [0.15, 0.2) is 11.5 Å². The lowest BCUT2D eigenvalue weighted by atomic mass is 10.1. The Morgan fingerprint density at radius 3 is 2.03 bits per heavy atom. The number of hydrogen-bond acceptors (Lipinski definition) is 10. The van der Waals surface area contributed by atoms with E-state index in [1.54, 1.807) is 0 Å². The first-order valence-electron chi connectivity index (χ1n) is 9.81. The molecular weight excluding hydrogens is 476 g/mol. The quantitative estimate of drug-likeness (QED) is 0.0715. The summed E-state index contributed by atoms with van der Waals surface area (Å²) in [6, 6.07) is -0.104. The number of aliphatic carboxylic acids is 3. The second-order valence-corrected chi connectivity index (χ2v) is 7.42. The number of benzene rings is 1. The Hall–Kier alpha value is -3.56. The van der Waals surface area contributed by atoms with Crippen LogP contribution in [0.1, 0.15) is 18.4 Å². The van der Waals surface area contributed by atoms with Gasteiger partial charge in [-0.1, -0.05) is 6.07 Å². The van der Waals surface area contributed by atoms with E-state index in [0.717, 1.165) is 6.07 Å². The summed E-state index contributed by atoms with van der Waals surface area (Å²) in [5, 5.41) is 50.6. The van der Waals surface area contributed by atoms with Gasteiger partial charge in [-0.05, 0) is 30.5 Å². The number of phenols is 2. The van der Waals surface area contributed by atoms with Crippen LogP contribution in [0, 0.1) is 0 Å². The van der Waals surface area contributed by atoms with E-state index in [9.17, 15) is 44.4 Å². The second kappa shape index (κ2) is 13.9. The number of hydrazine groups is 1. The van der Waals surface area contributed by atoms with Crippen molar-refractivity contribution in [1.29, 1.82) is 0 Å². The normalized spacial score (nSPS) is 13.3. The van der Waals surface area contributed by atoms with E-state index in [0.29, 0.717) is 5.56 Å². The van der Waals surface area contributed by atoms with Gasteiger partial charge in [0, 0.05) is 12.2 Å². The van der Waals surface area contributed by atoms with Gasteiger partial charge in [0.25, 0.3) is 0 Å². The molecule has 0 radical (unpaired) electrons. The number of carboxylic acids is 3. The number of hydrogen-bond donors (Lipinski definition) is 10. The third-order valence-corrected chi connectivity index (χ3v) is 4.78. The highest BCUT2D eigenvalue weighted by Crippen LogP contribution is 2.25. The molecule has 1 aromatic carbocycles. The lowest BCUT2D eigenvalue weighted by Gasteiger charge is -2.20. The van der Waals surface area contributed by atoms with Crippen molar-refractivity contribution in [2.24, 2.45) is 0 Å². The van der Waals surface area contributed by atoms with Crippen LogP contribution in [-0.2, 0) is 30.4 Å². The Morgan fingerprint density at radius 1 is 0.882 bits per heavy atom. The van der Waals surface area contributed by atoms with Crippen LogP contribution >= 0.6 is 12.6 Å². The van der Waals surface area contributed by atoms with Crippen LogP contribution in [0.15, 0.2) is 18.2 Å². The highest BCUT2D eigenvalue weighted by atomic mass is 32.1. The molecule has 14 nitrogen and oxygen atoms in total. The van der Waals surface area contributed by atoms with Crippen molar-refractivity contribution in [3.05, 3.63) is 23.8 Å². The SMILES string of the molecule is O=C(O)CNC(=O)[C@H](CS)NC(=O)CC[C@H](NN[C@@H](Cc1ccc(O)c(O)c1)C(=O)O)C(=O)O. The number of aromatic hydroxyl groups is 2. The molecule has 34 heavy (non-hydrogen) atoms. The van der Waals surface area contributed by atoms with Gasteiger partial charge >= 0.3 is 17.9 Å². The average molecular weight is 503 g/mol. The van der Waals surface area contributed by atoms with Gasteiger partial charge in [0.05, 0.1) is 0 Å². The van der Waals surface area contributed by atoms with Crippen LogP contribution in [0.5, 0.6) is 11.5 Å². The van der Waals surface area contributed by atoms with Crippen LogP contribution in [0.3, 0.4) is 0 Å². The summed E-state index contributed by atoms with van der Waals surface area (Å²) in [6.45, 7) is -0.649. The maximum absolute atomic E-state index is 12.1. The molecule has 188 valence electrons. The maximum Gasteiger partial charge on any atom is 0.322 e. The molecule has 0 aromatic heterocycles. The molecule has 0 heterocycles. The molecule has 0 fully saturated rings. The summed E-state index contributed by atoms with van der Waals surface area (Å²) in [5.74, 6) is -6.42. The smallest absolute Gasteiger partial charge is 0.322 e. The Morgan fingerprint density at radius 2 is 1.50 bits per heavy atom. The van der Waals surface area contributed by atoms with E-state index in [2.05, 4.69) is 34.1 Å². The fourth-order valence-electron chi connectivity index (χ4n) is 2.61. The average Bonchev–Trinajstić information content (AvgIpc) is 2.76. The molecule has 2 amide bonds. The van der Waals surface area contributed by atoms with Crippen molar-refractivity contribution in [2.45, 2.75) is 37.4 Å². The molecule has 0 saturated heterocycles. The Kier molecular flexibility index (Phi) is 11.6. The second-order valence-electron chi connectivity index (χ2n) is 7.05. The highest BCUT2D eigenvalue weighted by Gasteiger charge is 2.25. The Balaban J connectivity index is 2.64. The fourth-order valence-corrected chi connectivity index (χ4v) is 2.87. The molecule has 0 bridgehead atoms. The number of nitrogens with one attached hydrogen (secondary N) is 4. The van der Waals surface area contributed by atoms with Gasteiger partial charge in [-0.25, -0.2) is 10.9 Å². The predicted molar refractivity (Wildman–Crippen MR) is 118 cm³/mol. The monoisotopic (exact) mass is 502 g/mol. The molecule has 0 aliphatic carbocycles. The van der Waals surface area contributed by atoms with Gasteiger partial charge < -0.3 is 36.2 Å². The molecule has 0 aliphatic rings. The first-order chi connectivity index (χ1) is 15.9. The van der Waals surface area contributed by atoms with E-state index in [1.807, 2.05) is 0 Å². The summed E-state index contributed by atoms with van der Waals surface area (Å²) in [4.78, 5) is 57.5. The molecule has 1 rings (SSSR count). The zero-order chi connectivity index (χ0) is 25.8. The largest absolute Gasteiger partial charge is 0.504 e. The van der Waals surface area contributed by atoms with Crippen LogP contribution in [-0.4, -0.2) is 85.7 Å². The van der Waals surface area contributed by atoms with Crippen molar-refractivity contribution in [3.8, 4) is 11.5 Å². The Labute approximate surface area is 198 Å². The summed E-state index contributed by atoms with van der Waals surface area (Å²) in [5.41, 5.74) is 5.06. The molecule has 0 saturated carbocycles. The van der Waals surface area contributed by atoms with E-state index in [4.69, 9.17) is 5.11 Å². The number of amides is 2. The number of carbonyl (C=O) groups is 5. The molecule has 0 unspecified atom stereocenters. The van der Waals surface area contributed by atoms with E-state index in [1.165, 1.54) is 12.1 Å². The lowest BCUT2D eigenvalue weighted by molar-refractivity contribution is -0.143. The van der Waals surface area contributed by atoms with Crippen LogP contribution < -0.4 is 21.5 Å². The van der Waals surface area contributed by atoms with E-state index < -0.39 is 60.1 Å². The lowest BCUT2D eigenvalue weighted by Crippen LogP contribution is -2.53. The molecule has 0 aliphatic heterocycles. The predicted octanol–water partition coefficient (Wildman–Crippen LogP) is -1.96. The third-order valence-electron chi connectivity index (χ3n) is 4.42. The highest BCUT2D eigenvalue weighted by molar-refractivity contribution is 7.80. The number of carboxylic acid groups (broad SMARTS) is 3. The minimum atomic E-state index is -1.38. The van der Waals surface area contributed by atoms with Crippen molar-refractivity contribution in [1.82, 2.24) is 21.5 Å².